The van der Waals surface area contributed by atoms with Crippen LogP contribution in [0.2, 0.25) is 0 Å². The molecule has 0 fully saturated rings. The van der Waals surface area contributed by atoms with Gasteiger partial charge < -0.3 is 9.47 Å². The van der Waals surface area contributed by atoms with Gasteiger partial charge in [0.15, 0.2) is 0 Å². The van der Waals surface area contributed by atoms with E-state index < -0.39 is 0 Å². The lowest BCUT2D eigenvalue weighted by Gasteiger charge is -2.26. The van der Waals surface area contributed by atoms with Gasteiger partial charge >= 0.3 is 0 Å². The van der Waals surface area contributed by atoms with Crippen molar-refractivity contribution in [3.63, 3.8) is 0 Å². The van der Waals surface area contributed by atoms with Crippen molar-refractivity contribution >= 4 is 31.9 Å². The van der Waals surface area contributed by atoms with Gasteiger partial charge in [-0.2, -0.15) is 0 Å². The number of hydrogen-bond acceptors (Lipinski definition) is 2. The molecule has 0 spiro atoms. The number of hydrogen-bond donors (Lipinski definition) is 0. The first-order chi connectivity index (χ1) is 12.7. The van der Waals surface area contributed by atoms with Crippen LogP contribution in [0.5, 0.6) is 11.5 Å². The third-order valence-electron chi connectivity index (χ3n) is 4.84. The largest absolute Gasteiger partial charge is 0.497 e. The van der Waals surface area contributed by atoms with Crippen LogP contribution in [0.1, 0.15) is 24.0 Å². The summed E-state index contributed by atoms with van der Waals surface area (Å²) in [6.07, 6.45) is 4.53. The number of methoxy groups -OCH3 is 2. The van der Waals surface area contributed by atoms with E-state index in [0.717, 1.165) is 35.0 Å². The normalized spacial score (nSPS) is 13.2. The molecule has 0 saturated carbocycles. The first-order valence-corrected chi connectivity index (χ1v) is 11.3. The Morgan fingerprint density at radius 2 is 1.35 bits per heavy atom. The molecule has 0 heterocycles. The van der Waals surface area contributed by atoms with Crippen molar-refractivity contribution in [1.82, 2.24) is 0 Å². The highest BCUT2D eigenvalue weighted by Crippen LogP contribution is 2.29. The van der Waals surface area contributed by atoms with Gasteiger partial charge in [-0.1, -0.05) is 56.1 Å². The molecule has 142 valence electrons. The topological polar surface area (TPSA) is 18.5 Å². The molecule has 4 heteroatoms. The molecule has 0 aliphatic rings. The zero-order valence-corrected chi connectivity index (χ0v) is 18.8. The van der Waals surface area contributed by atoms with Crippen LogP contribution in [-0.4, -0.2) is 24.9 Å². The van der Waals surface area contributed by atoms with Crippen LogP contribution in [0.4, 0.5) is 0 Å². The van der Waals surface area contributed by atoms with Crippen LogP contribution in [0.25, 0.3) is 0 Å². The quantitative estimate of drug-likeness (QED) is 0.349. The zero-order valence-electron chi connectivity index (χ0n) is 15.6. The SMILES string of the molecule is COc1cccc(C[C@H](CBr)[C@@H](CCCBr)Cc2cccc(OC)c2)c1. The van der Waals surface area contributed by atoms with E-state index in [9.17, 15) is 0 Å². The Morgan fingerprint density at radius 3 is 1.81 bits per heavy atom. The molecule has 0 radical (unpaired) electrons. The Labute approximate surface area is 174 Å². The molecule has 2 rings (SSSR count). The molecule has 2 aromatic rings. The summed E-state index contributed by atoms with van der Waals surface area (Å²) in [5.41, 5.74) is 2.68. The fourth-order valence-corrected chi connectivity index (χ4v) is 4.48. The van der Waals surface area contributed by atoms with Crippen molar-refractivity contribution in [2.75, 3.05) is 24.9 Å². The Kier molecular flexibility index (Phi) is 9.55. The second-order valence-corrected chi connectivity index (χ2v) is 8.06. The summed E-state index contributed by atoms with van der Waals surface area (Å²) in [5.74, 6) is 3.06. The van der Waals surface area contributed by atoms with E-state index in [0.29, 0.717) is 11.8 Å². The monoisotopic (exact) mass is 482 g/mol. The molecular formula is C22H28Br2O2. The first-order valence-electron chi connectivity index (χ1n) is 9.08. The summed E-state index contributed by atoms with van der Waals surface area (Å²) < 4.78 is 10.8. The van der Waals surface area contributed by atoms with Crippen molar-refractivity contribution in [3.05, 3.63) is 59.7 Å². The van der Waals surface area contributed by atoms with Crippen molar-refractivity contribution in [2.45, 2.75) is 25.7 Å². The van der Waals surface area contributed by atoms with Crippen LogP contribution in [0.15, 0.2) is 48.5 Å². The second-order valence-electron chi connectivity index (χ2n) is 6.62. The van der Waals surface area contributed by atoms with Gasteiger partial charge in [0, 0.05) is 10.7 Å². The van der Waals surface area contributed by atoms with E-state index in [-0.39, 0.29) is 0 Å². The number of rotatable bonds is 11. The minimum absolute atomic E-state index is 0.576. The fraction of sp³-hybridized carbons (Fsp3) is 0.455. The van der Waals surface area contributed by atoms with Crippen LogP contribution in [0, 0.1) is 11.8 Å². The average Bonchev–Trinajstić information content (AvgIpc) is 2.69. The Morgan fingerprint density at radius 1 is 0.808 bits per heavy atom. The van der Waals surface area contributed by atoms with Gasteiger partial charge in [-0.15, -0.1) is 0 Å². The highest BCUT2D eigenvalue weighted by molar-refractivity contribution is 9.09. The Balaban J connectivity index is 2.15. The molecule has 0 aliphatic heterocycles. The molecular weight excluding hydrogens is 456 g/mol. The van der Waals surface area contributed by atoms with Crippen molar-refractivity contribution < 1.29 is 9.47 Å². The summed E-state index contributed by atoms with van der Waals surface area (Å²) in [7, 11) is 3.45. The average molecular weight is 484 g/mol. The summed E-state index contributed by atoms with van der Waals surface area (Å²) in [6, 6.07) is 16.9. The molecule has 2 aromatic carbocycles. The number of halogens is 2. The lowest BCUT2D eigenvalue weighted by atomic mass is 9.81. The summed E-state index contributed by atoms with van der Waals surface area (Å²) in [4.78, 5) is 0. The highest BCUT2D eigenvalue weighted by Gasteiger charge is 2.21. The van der Waals surface area contributed by atoms with E-state index in [1.807, 2.05) is 12.1 Å². The van der Waals surface area contributed by atoms with E-state index >= 15 is 0 Å². The van der Waals surface area contributed by atoms with E-state index in [4.69, 9.17) is 9.47 Å². The van der Waals surface area contributed by atoms with Gasteiger partial charge in [0.05, 0.1) is 14.2 Å². The minimum Gasteiger partial charge on any atom is -0.497 e. The highest BCUT2D eigenvalue weighted by atomic mass is 79.9. The lowest BCUT2D eigenvalue weighted by molar-refractivity contribution is 0.335. The van der Waals surface area contributed by atoms with Crippen LogP contribution < -0.4 is 9.47 Å². The molecule has 0 bridgehead atoms. The fourth-order valence-electron chi connectivity index (χ4n) is 3.40. The van der Waals surface area contributed by atoms with Crippen LogP contribution >= 0.6 is 31.9 Å². The van der Waals surface area contributed by atoms with E-state index in [2.05, 4.69) is 68.3 Å². The van der Waals surface area contributed by atoms with Crippen LogP contribution in [0.3, 0.4) is 0 Å². The maximum atomic E-state index is 5.39. The molecule has 0 saturated heterocycles. The maximum Gasteiger partial charge on any atom is 0.119 e. The molecule has 0 aromatic heterocycles. The zero-order chi connectivity index (χ0) is 18.8. The van der Waals surface area contributed by atoms with Gasteiger partial charge in [0.25, 0.3) is 0 Å². The number of benzene rings is 2. The van der Waals surface area contributed by atoms with E-state index in [1.165, 1.54) is 24.0 Å². The third-order valence-corrected chi connectivity index (χ3v) is 6.23. The van der Waals surface area contributed by atoms with Gasteiger partial charge in [0.2, 0.25) is 0 Å². The van der Waals surface area contributed by atoms with Crippen molar-refractivity contribution in [1.29, 1.82) is 0 Å². The summed E-state index contributed by atoms with van der Waals surface area (Å²) >= 11 is 7.37. The predicted octanol–water partition coefficient (Wildman–Crippen LogP) is 6.29. The maximum absolute atomic E-state index is 5.39. The first kappa shape index (κ1) is 21.3. The van der Waals surface area contributed by atoms with Gasteiger partial charge in [-0.25, -0.2) is 0 Å². The molecule has 0 unspecified atom stereocenters. The van der Waals surface area contributed by atoms with Crippen LogP contribution in [-0.2, 0) is 12.8 Å². The predicted molar refractivity (Wildman–Crippen MR) is 117 cm³/mol. The van der Waals surface area contributed by atoms with Crippen molar-refractivity contribution in [3.8, 4) is 11.5 Å². The third kappa shape index (κ3) is 6.62. The lowest BCUT2D eigenvalue weighted by Crippen LogP contribution is -2.21. The molecule has 0 aliphatic carbocycles. The Bertz CT molecular complexity index is 660. The molecule has 2 nitrogen and oxygen atoms in total. The molecule has 26 heavy (non-hydrogen) atoms. The Hall–Kier alpha value is -1.00. The second kappa shape index (κ2) is 11.7. The molecule has 0 N–H and O–H groups in total. The van der Waals surface area contributed by atoms with Crippen molar-refractivity contribution in [2.24, 2.45) is 11.8 Å². The van der Waals surface area contributed by atoms with Gasteiger partial charge in [-0.3, -0.25) is 0 Å². The minimum atomic E-state index is 0.576. The van der Waals surface area contributed by atoms with Gasteiger partial charge in [-0.05, 0) is 72.9 Å². The number of alkyl halides is 2. The van der Waals surface area contributed by atoms with E-state index in [1.54, 1.807) is 14.2 Å². The standard InChI is InChI=1S/C22H28Br2O2/c1-25-21-9-3-6-17(14-21)12-19(8-5-11-23)20(16-24)13-18-7-4-10-22(15-18)26-2/h3-4,6-7,9-10,14-15,19-20H,5,8,11-13,16H2,1-2H3/t19-,20+/m0/s1. The summed E-state index contributed by atoms with van der Waals surface area (Å²) in [6.45, 7) is 0. The summed E-state index contributed by atoms with van der Waals surface area (Å²) in [5, 5.41) is 2.05. The number of ether oxygens (including phenoxy) is 2. The molecule has 2 atom stereocenters. The smallest absolute Gasteiger partial charge is 0.119 e. The van der Waals surface area contributed by atoms with Gasteiger partial charge in [0.1, 0.15) is 11.5 Å². The molecule has 0 amide bonds.